The highest BCUT2D eigenvalue weighted by Gasteiger charge is 2.16. The van der Waals surface area contributed by atoms with Gasteiger partial charge in [0.2, 0.25) is 0 Å². The number of methoxy groups -OCH3 is 1. The minimum absolute atomic E-state index is 0.151. The molecule has 1 atom stereocenters. The Hall–Kier alpha value is -0.740. The molecule has 0 aliphatic heterocycles. The minimum atomic E-state index is -0.151. The van der Waals surface area contributed by atoms with Crippen molar-refractivity contribution in [3.63, 3.8) is 0 Å². The Balaban J connectivity index is 2.85. The van der Waals surface area contributed by atoms with Crippen molar-refractivity contribution in [2.45, 2.75) is 25.8 Å². The standard InChI is InChI=1S/C13H17BrClNO2/c1-3-10(6-7-14)16-13(17)11-8-9(15)4-5-12(11)18-2/h4-5,8,10H,3,6-7H2,1-2H3,(H,16,17). The van der Waals surface area contributed by atoms with E-state index in [0.29, 0.717) is 16.3 Å². The molecule has 1 unspecified atom stereocenters. The number of rotatable bonds is 6. The average Bonchev–Trinajstić information content (AvgIpc) is 2.38. The first kappa shape index (κ1) is 15.3. The fourth-order valence-electron chi connectivity index (χ4n) is 1.63. The fourth-order valence-corrected chi connectivity index (χ4v) is 2.36. The Morgan fingerprint density at radius 3 is 2.83 bits per heavy atom. The van der Waals surface area contributed by atoms with Gasteiger partial charge in [-0.3, -0.25) is 4.79 Å². The smallest absolute Gasteiger partial charge is 0.255 e. The van der Waals surface area contributed by atoms with Gasteiger partial charge in [-0.05, 0) is 31.0 Å². The van der Waals surface area contributed by atoms with Gasteiger partial charge >= 0.3 is 0 Å². The number of alkyl halides is 1. The van der Waals surface area contributed by atoms with Crippen molar-refractivity contribution in [2.75, 3.05) is 12.4 Å². The maximum absolute atomic E-state index is 12.2. The molecule has 0 fully saturated rings. The molecule has 3 nitrogen and oxygen atoms in total. The van der Waals surface area contributed by atoms with Crippen molar-refractivity contribution >= 4 is 33.4 Å². The number of carbonyl (C=O) groups is 1. The van der Waals surface area contributed by atoms with Crippen LogP contribution in [0.4, 0.5) is 0 Å². The fraction of sp³-hybridized carbons (Fsp3) is 0.462. The van der Waals surface area contributed by atoms with Gasteiger partial charge in [-0.2, -0.15) is 0 Å². The topological polar surface area (TPSA) is 38.3 Å². The van der Waals surface area contributed by atoms with Crippen LogP contribution in [-0.4, -0.2) is 24.4 Å². The molecule has 0 aliphatic rings. The largest absolute Gasteiger partial charge is 0.496 e. The number of hydrogen-bond donors (Lipinski definition) is 1. The van der Waals surface area contributed by atoms with Gasteiger partial charge in [-0.1, -0.05) is 34.5 Å². The second-order valence-electron chi connectivity index (χ2n) is 3.90. The predicted octanol–water partition coefficient (Wildman–Crippen LogP) is 3.64. The number of amides is 1. The third kappa shape index (κ3) is 4.18. The monoisotopic (exact) mass is 333 g/mol. The highest BCUT2D eigenvalue weighted by Crippen LogP contribution is 2.22. The van der Waals surface area contributed by atoms with Crippen LogP contribution in [0.25, 0.3) is 0 Å². The quantitative estimate of drug-likeness (QED) is 0.807. The SMILES string of the molecule is CCC(CCBr)NC(=O)c1cc(Cl)ccc1OC. The second-order valence-corrected chi connectivity index (χ2v) is 5.13. The number of halogens is 2. The Kier molecular flexibility index (Phi) is 6.50. The molecule has 1 aromatic rings. The summed E-state index contributed by atoms with van der Waals surface area (Å²) in [4.78, 5) is 12.2. The molecule has 0 aromatic heterocycles. The predicted molar refractivity (Wildman–Crippen MR) is 78.0 cm³/mol. The van der Waals surface area contributed by atoms with Crippen LogP contribution in [0.3, 0.4) is 0 Å². The zero-order valence-corrected chi connectivity index (χ0v) is 12.8. The van der Waals surface area contributed by atoms with Gasteiger partial charge in [0, 0.05) is 16.4 Å². The van der Waals surface area contributed by atoms with E-state index in [9.17, 15) is 4.79 Å². The van der Waals surface area contributed by atoms with E-state index in [1.807, 2.05) is 6.92 Å². The van der Waals surface area contributed by atoms with Crippen LogP contribution < -0.4 is 10.1 Å². The number of ether oxygens (including phenoxy) is 1. The van der Waals surface area contributed by atoms with Gasteiger partial charge in [0.05, 0.1) is 12.7 Å². The minimum Gasteiger partial charge on any atom is -0.496 e. The highest BCUT2D eigenvalue weighted by atomic mass is 79.9. The van der Waals surface area contributed by atoms with Gasteiger partial charge in [0.25, 0.3) is 5.91 Å². The van der Waals surface area contributed by atoms with E-state index in [4.69, 9.17) is 16.3 Å². The van der Waals surface area contributed by atoms with E-state index >= 15 is 0 Å². The number of nitrogens with one attached hydrogen (secondary N) is 1. The summed E-state index contributed by atoms with van der Waals surface area (Å²) in [5.74, 6) is 0.382. The lowest BCUT2D eigenvalue weighted by molar-refractivity contribution is 0.0932. The van der Waals surface area contributed by atoms with Crippen molar-refractivity contribution < 1.29 is 9.53 Å². The molecule has 5 heteroatoms. The van der Waals surface area contributed by atoms with Crippen molar-refractivity contribution in [1.82, 2.24) is 5.32 Å². The molecule has 1 amide bonds. The molecule has 1 aromatic carbocycles. The second kappa shape index (κ2) is 7.64. The summed E-state index contributed by atoms with van der Waals surface area (Å²) in [5, 5.41) is 4.36. The molecule has 0 heterocycles. The third-order valence-corrected chi connectivity index (χ3v) is 3.38. The molecule has 100 valence electrons. The van der Waals surface area contributed by atoms with Crippen LogP contribution in [0.5, 0.6) is 5.75 Å². The van der Waals surface area contributed by atoms with Crippen LogP contribution in [0.2, 0.25) is 5.02 Å². The van der Waals surface area contributed by atoms with Gasteiger partial charge in [0.15, 0.2) is 0 Å². The summed E-state index contributed by atoms with van der Waals surface area (Å²) in [5.41, 5.74) is 0.470. The first-order chi connectivity index (χ1) is 8.62. The molecule has 0 saturated heterocycles. The summed E-state index contributed by atoms with van der Waals surface area (Å²) in [6.07, 6.45) is 1.78. The first-order valence-electron chi connectivity index (χ1n) is 5.82. The van der Waals surface area contributed by atoms with Crippen molar-refractivity contribution in [2.24, 2.45) is 0 Å². The van der Waals surface area contributed by atoms with Crippen LogP contribution >= 0.6 is 27.5 Å². The highest BCUT2D eigenvalue weighted by molar-refractivity contribution is 9.09. The van der Waals surface area contributed by atoms with Gasteiger partial charge in [-0.25, -0.2) is 0 Å². The average molecular weight is 335 g/mol. The molecule has 0 aliphatic carbocycles. The number of carbonyl (C=O) groups excluding carboxylic acids is 1. The maximum atomic E-state index is 12.2. The third-order valence-electron chi connectivity index (χ3n) is 2.69. The van der Waals surface area contributed by atoms with Gasteiger partial charge in [-0.15, -0.1) is 0 Å². The summed E-state index contributed by atoms with van der Waals surface area (Å²) in [6.45, 7) is 2.04. The molecule has 1 rings (SSSR count). The van der Waals surface area contributed by atoms with E-state index in [1.165, 1.54) is 7.11 Å². The van der Waals surface area contributed by atoms with Crippen molar-refractivity contribution in [3.8, 4) is 5.75 Å². The summed E-state index contributed by atoms with van der Waals surface area (Å²) < 4.78 is 5.17. The van der Waals surface area contributed by atoms with E-state index in [0.717, 1.165) is 18.2 Å². The van der Waals surface area contributed by atoms with Crippen LogP contribution in [0.1, 0.15) is 30.1 Å². The molecule has 1 N–H and O–H groups in total. The summed E-state index contributed by atoms with van der Waals surface area (Å²) in [6, 6.07) is 5.17. The molecule has 0 radical (unpaired) electrons. The van der Waals surface area contributed by atoms with Crippen LogP contribution in [-0.2, 0) is 0 Å². The maximum Gasteiger partial charge on any atom is 0.255 e. The lowest BCUT2D eigenvalue weighted by Crippen LogP contribution is -2.34. The van der Waals surface area contributed by atoms with E-state index in [-0.39, 0.29) is 11.9 Å². The van der Waals surface area contributed by atoms with Crippen LogP contribution in [0.15, 0.2) is 18.2 Å². The molecule has 0 saturated carbocycles. The summed E-state index contributed by atoms with van der Waals surface area (Å²) >= 11 is 9.29. The zero-order chi connectivity index (χ0) is 13.5. The Bertz CT molecular complexity index is 412. The van der Waals surface area contributed by atoms with E-state index in [2.05, 4.69) is 21.2 Å². The molecule has 0 spiro atoms. The van der Waals surface area contributed by atoms with Gasteiger partial charge in [0.1, 0.15) is 5.75 Å². The molecule has 0 bridgehead atoms. The first-order valence-corrected chi connectivity index (χ1v) is 7.32. The van der Waals surface area contributed by atoms with Gasteiger partial charge < -0.3 is 10.1 Å². The lowest BCUT2D eigenvalue weighted by Gasteiger charge is -2.17. The van der Waals surface area contributed by atoms with Crippen molar-refractivity contribution in [3.05, 3.63) is 28.8 Å². The number of hydrogen-bond acceptors (Lipinski definition) is 2. The zero-order valence-electron chi connectivity index (χ0n) is 10.5. The number of benzene rings is 1. The van der Waals surface area contributed by atoms with E-state index < -0.39 is 0 Å². The summed E-state index contributed by atoms with van der Waals surface area (Å²) in [7, 11) is 1.54. The Labute approximate surface area is 121 Å². The lowest BCUT2D eigenvalue weighted by atomic mass is 10.1. The van der Waals surface area contributed by atoms with E-state index in [1.54, 1.807) is 18.2 Å². The Morgan fingerprint density at radius 1 is 1.56 bits per heavy atom. The molecular formula is C13H17BrClNO2. The van der Waals surface area contributed by atoms with Crippen LogP contribution in [0, 0.1) is 0 Å². The molecule has 18 heavy (non-hydrogen) atoms. The molecular weight excluding hydrogens is 318 g/mol. The normalized spacial score (nSPS) is 12.0. The Morgan fingerprint density at radius 2 is 2.28 bits per heavy atom. The van der Waals surface area contributed by atoms with Crippen molar-refractivity contribution in [1.29, 1.82) is 0 Å².